The first-order valence-corrected chi connectivity index (χ1v) is 9.25. The van der Waals surface area contributed by atoms with E-state index < -0.39 is 11.9 Å². The first-order valence-electron chi connectivity index (χ1n) is 9.25. The molecular formula is C19H18N8O2. The van der Waals surface area contributed by atoms with Crippen LogP contribution in [0, 0.1) is 6.92 Å². The lowest BCUT2D eigenvalue weighted by molar-refractivity contribution is -0.115. The van der Waals surface area contributed by atoms with Crippen LogP contribution in [0.15, 0.2) is 36.2 Å². The fourth-order valence-corrected chi connectivity index (χ4v) is 3.05. The zero-order valence-corrected chi connectivity index (χ0v) is 15.6. The molecule has 1 saturated heterocycles. The van der Waals surface area contributed by atoms with Gasteiger partial charge in [-0.3, -0.25) is 10.1 Å². The number of fused-ring (bicyclic) bond motifs is 1. The predicted octanol–water partition coefficient (Wildman–Crippen LogP) is 1.93. The maximum absolute atomic E-state index is 11.9. The summed E-state index contributed by atoms with van der Waals surface area (Å²) in [6.07, 6.45) is 5.29. The molecule has 1 aliphatic carbocycles. The molecule has 3 amide bonds. The summed E-state index contributed by atoms with van der Waals surface area (Å²) < 4.78 is 1.60. The van der Waals surface area contributed by atoms with Crippen molar-refractivity contribution in [1.29, 1.82) is 0 Å². The number of aromatic nitrogens is 4. The van der Waals surface area contributed by atoms with Gasteiger partial charge in [-0.05, 0) is 43.5 Å². The third-order valence-electron chi connectivity index (χ3n) is 4.60. The lowest BCUT2D eigenvalue weighted by Gasteiger charge is -2.10. The van der Waals surface area contributed by atoms with Crippen LogP contribution in [0.5, 0.6) is 0 Å². The van der Waals surface area contributed by atoms with Crippen molar-refractivity contribution in [2.75, 3.05) is 10.6 Å². The minimum atomic E-state index is -0.551. The van der Waals surface area contributed by atoms with Gasteiger partial charge in [-0.1, -0.05) is 12.1 Å². The number of nitrogens with zero attached hydrogens (tertiary/aromatic N) is 4. The molecule has 5 rings (SSSR count). The highest BCUT2D eigenvalue weighted by Crippen LogP contribution is 2.26. The maximum Gasteiger partial charge on any atom is 0.326 e. The number of hydrogen-bond donors (Lipinski definition) is 4. The number of aryl methyl sites for hydroxylation is 1. The van der Waals surface area contributed by atoms with Crippen molar-refractivity contribution in [3.05, 3.63) is 47.3 Å². The second-order valence-electron chi connectivity index (χ2n) is 7.09. The van der Waals surface area contributed by atoms with Crippen LogP contribution in [0.25, 0.3) is 11.7 Å². The molecule has 3 aromatic rings. The van der Waals surface area contributed by atoms with Crippen LogP contribution in [0.2, 0.25) is 0 Å². The molecule has 2 fully saturated rings. The molecule has 10 nitrogen and oxygen atoms in total. The van der Waals surface area contributed by atoms with E-state index in [1.54, 1.807) is 16.8 Å². The molecule has 0 radical (unpaired) electrons. The van der Waals surface area contributed by atoms with Gasteiger partial charge in [-0.2, -0.15) is 19.6 Å². The highest BCUT2D eigenvalue weighted by atomic mass is 16.2. The van der Waals surface area contributed by atoms with Gasteiger partial charge in [0.15, 0.2) is 5.65 Å². The molecule has 2 aliphatic rings. The standard InChI is InChI=1S/C19H18N8O2/c1-10-3-2-4-13(7-10)21-17-24-15-11(8-14-16(28)25-19(29)23-14)9-20-27(15)18(26-17)22-12-5-6-12/h2-4,7-9,12H,5-6H2,1H3,(H2,21,22,24,26)(H2,23,25,28,29)/b14-8-. The number of nitrogens with one attached hydrogen (secondary N) is 4. The Balaban J connectivity index is 1.57. The van der Waals surface area contributed by atoms with Crippen molar-refractivity contribution in [3.8, 4) is 0 Å². The number of benzene rings is 1. The fourth-order valence-electron chi connectivity index (χ4n) is 3.05. The normalized spacial score (nSPS) is 17.5. The maximum atomic E-state index is 11.9. The van der Waals surface area contributed by atoms with Crippen molar-refractivity contribution < 1.29 is 9.59 Å². The summed E-state index contributed by atoms with van der Waals surface area (Å²) in [6.45, 7) is 2.01. The van der Waals surface area contributed by atoms with E-state index in [1.807, 2.05) is 31.2 Å². The van der Waals surface area contributed by atoms with Gasteiger partial charge in [0.05, 0.1) is 6.20 Å². The van der Waals surface area contributed by atoms with Crippen LogP contribution in [0.4, 0.5) is 22.4 Å². The minimum absolute atomic E-state index is 0.147. The van der Waals surface area contributed by atoms with Crippen molar-refractivity contribution in [1.82, 2.24) is 30.2 Å². The number of anilines is 3. The Labute approximate surface area is 165 Å². The van der Waals surface area contributed by atoms with Gasteiger partial charge in [-0.25, -0.2) is 4.79 Å². The molecule has 0 atom stereocenters. The molecule has 0 spiro atoms. The third kappa shape index (κ3) is 3.47. The van der Waals surface area contributed by atoms with E-state index in [0.717, 1.165) is 24.1 Å². The van der Waals surface area contributed by atoms with Gasteiger partial charge in [0.1, 0.15) is 5.70 Å². The molecule has 4 N–H and O–H groups in total. The van der Waals surface area contributed by atoms with Gasteiger partial charge in [-0.15, -0.1) is 0 Å². The number of amides is 3. The van der Waals surface area contributed by atoms with Crippen molar-refractivity contribution in [3.63, 3.8) is 0 Å². The van der Waals surface area contributed by atoms with Gasteiger partial charge in [0, 0.05) is 17.3 Å². The van der Waals surface area contributed by atoms with Crippen LogP contribution < -0.4 is 21.3 Å². The summed E-state index contributed by atoms with van der Waals surface area (Å²) >= 11 is 0. The Morgan fingerprint density at radius 3 is 2.79 bits per heavy atom. The highest BCUT2D eigenvalue weighted by Gasteiger charge is 2.26. The molecule has 29 heavy (non-hydrogen) atoms. The van der Waals surface area contributed by atoms with Crippen LogP contribution in [0.3, 0.4) is 0 Å². The van der Waals surface area contributed by atoms with Gasteiger partial charge >= 0.3 is 6.03 Å². The van der Waals surface area contributed by atoms with Crippen LogP contribution in [0.1, 0.15) is 24.0 Å². The van der Waals surface area contributed by atoms with Crippen LogP contribution in [-0.4, -0.2) is 37.6 Å². The average molecular weight is 390 g/mol. The fraction of sp³-hybridized carbons (Fsp3) is 0.211. The summed E-state index contributed by atoms with van der Waals surface area (Å²) in [4.78, 5) is 32.4. The number of hydrogen-bond acceptors (Lipinski definition) is 7. The van der Waals surface area contributed by atoms with Crippen molar-refractivity contribution in [2.24, 2.45) is 0 Å². The SMILES string of the molecule is Cc1cccc(Nc2nc(NC3CC3)n3ncc(/C=C4\NC(=O)NC4=O)c3n2)c1. The van der Waals surface area contributed by atoms with Gasteiger partial charge < -0.3 is 16.0 Å². The quantitative estimate of drug-likeness (QED) is 0.387. The average Bonchev–Trinajstić information content (AvgIpc) is 3.31. The van der Waals surface area contributed by atoms with E-state index in [9.17, 15) is 9.59 Å². The summed E-state index contributed by atoms with van der Waals surface area (Å²) in [5.41, 5.74) is 3.23. The Morgan fingerprint density at radius 1 is 1.21 bits per heavy atom. The summed E-state index contributed by atoms with van der Waals surface area (Å²) in [5.74, 6) is 0.487. The predicted molar refractivity (Wildman–Crippen MR) is 107 cm³/mol. The zero-order valence-electron chi connectivity index (χ0n) is 15.6. The number of carbonyl (C=O) groups is 2. The molecular weight excluding hydrogens is 372 g/mol. The third-order valence-corrected chi connectivity index (χ3v) is 4.60. The minimum Gasteiger partial charge on any atom is -0.351 e. The first kappa shape index (κ1) is 17.2. The van der Waals surface area contributed by atoms with E-state index >= 15 is 0 Å². The summed E-state index contributed by atoms with van der Waals surface area (Å²) in [6, 6.07) is 7.72. The zero-order chi connectivity index (χ0) is 20.0. The molecule has 2 aromatic heterocycles. The van der Waals surface area contributed by atoms with Gasteiger partial charge in [0.2, 0.25) is 11.9 Å². The van der Waals surface area contributed by atoms with E-state index in [-0.39, 0.29) is 5.70 Å². The van der Waals surface area contributed by atoms with E-state index in [4.69, 9.17) is 0 Å². The first-order chi connectivity index (χ1) is 14.0. The summed E-state index contributed by atoms with van der Waals surface area (Å²) in [5, 5.41) is 15.6. The van der Waals surface area contributed by atoms with E-state index in [1.165, 1.54) is 0 Å². The number of rotatable bonds is 5. The number of carbonyl (C=O) groups excluding carboxylic acids is 2. The Kier molecular flexibility index (Phi) is 3.90. The molecule has 0 bridgehead atoms. The monoisotopic (exact) mass is 390 g/mol. The molecule has 146 valence electrons. The molecule has 10 heteroatoms. The molecule has 0 unspecified atom stereocenters. The smallest absolute Gasteiger partial charge is 0.326 e. The lowest BCUT2D eigenvalue weighted by Crippen LogP contribution is -2.22. The second kappa shape index (κ2) is 6.59. The Bertz CT molecular complexity index is 1180. The number of imide groups is 1. The van der Waals surface area contributed by atoms with Crippen LogP contribution >= 0.6 is 0 Å². The molecule has 1 aliphatic heterocycles. The van der Waals surface area contributed by atoms with Crippen LogP contribution in [-0.2, 0) is 4.79 Å². The van der Waals surface area contributed by atoms with E-state index in [2.05, 4.69) is 36.3 Å². The Morgan fingerprint density at radius 2 is 2.07 bits per heavy atom. The largest absolute Gasteiger partial charge is 0.351 e. The number of urea groups is 1. The highest BCUT2D eigenvalue weighted by molar-refractivity contribution is 6.14. The Hall–Kier alpha value is -3.95. The van der Waals surface area contributed by atoms with Crippen molar-refractivity contribution in [2.45, 2.75) is 25.8 Å². The molecule has 1 aromatic carbocycles. The second-order valence-corrected chi connectivity index (χ2v) is 7.09. The molecule has 1 saturated carbocycles. The summed E-state index contributed by atoms with van der Waals surface area (Å²) in [7, 11) is 0. The lowest BCUT2D eigenvalue weighted by atomic mass is 10.2. The topological polar surface area (TPSA) is 125 Å². The van der Waals surface area contributed by atoms with Crippen molar-refractivity contribution >= 4 is 41.2 Å². The molecule has 3 heterocycles. The van der Waals surface area contributed by atoms with E-state index in [0.29, 0.717) is 29.1 Å². The van der Waals surface area contributed by atoms with Gasteiger partial charge in [0.25, 0.3) is 5.91 Å².